The fraction of sp³-hybridized carbons (Fsp3) is 0.0690. The molecule has 2 nitrogen and oxygen atoms in total. The van der Waals surface area contributed by atoms with Gasteiger partial charge in [0, 0.05) is 38.9 Å². The molecule has 1 heterocycles. The molecule has 0 atom stereocenters. The van der Waals surface area contributed by atoms with Crippen molar-refractivity contribution in [3.63, 3.8) is 0 Å². The van der Waals surface area contributed by atoms with Crippen LogP contribution >= 0.6 is 0 Å². The Hall–Kier alpha value is -7.42. The van der Waals surface area contributed by atoms with Gasteiger partial charge in [-0.2, -0.15) is 0 Å². The summed E-state index contributed by atoms with van der Waals surface area (Å²) in [6, 6.07) is 77.2. The Balaban J connectivity index is 1.07. The standard InChI is InChI=1S/C58H40N2/c1-57(2)49-23-11-6-18-41(49)45-31-28-40(36-54(45)57)59(39-30-33-56-48(35-39)46-22-10-15-27-55(46)60(56)37-16-4-3-5-17-37)38-29-32-53-47(34-38)44-21-9-14-26-52(44)58(53)50-24-12-7-19-42(50)43-20-8-13-25-51(43)58/h3-36H,1-2H3. The maximum atomic E-state index is 2.50. The highest BCUT2D eigenvalue weighted by Gasteiger charge is 2.51. The second-order valence-corrected chi connectivity index (χ2v) is 17.2. The molecule has 1 spiro atoms. The van der Waals surface area contributed by atoms with E-state index in [1.165, 1.54) is 88.6 Å². The second kappa shape index (κ2) is 12.1. The van der Waals surface area contributed by atoms with E-state index in [-0.39, 0.29) is 10.8 Å². The summed E-state index contributed by atoms with van der Waals surface area (Å²) in [7, 11) is 0. The van der Waals surface area contributed by atoms with Crippen LogP contribution in [0.4, 0.5) is 17.1 Å². The predicted octanol–water partition coefficient (Wildman–Crippen LogP) is 14.9. The Labute approximate surface area is 350 Å². The van der Waals surface area contributed by atoms with Gasteiger partial charge in [-0.05, 0) is 127 Å². The van der Waals surface area contributed by atoms with Crippen molar-refractivity contribution in [3.05, 3.63) is 240 Å². The van der Waals surface area contributed by atoms with Crippen molar-refractivity contribution in [3.8, 4) is 39.1 Å². The Bertz CT molecular complexity index is 3370. The van der Waals surface area contributed by atoms with Gasteiger partial charge in [-0.1, -0.05) is 159 Å². The van der Waals surface area contributed by atoms with Crippen LogP contribution in [-0.4, -0.2) is 4.57 Å². The first-order valence-electron chi connectivity index (χ1n) is 21.1. The molecule has 0 unspecified atom stereocenters. The lowest BCUT2D eigenvalue weighted by atomic mass is 9.70. The first kappa shape index (κ1) is 33.5. The fourth-order valence-electron chi connectivity index (χ4n) is 11.5. The van der Waals surface area contributed by atoms with Gasteiger partial charge in [0.15, 0.2) is 0 Å². The number of fused-ring (bicyclic) bond motifs is 16. The monoisotopic (exact) mass is 764 g/mol. The highest BCUT2D eigenvalue weighted by molar-refractivity contribution is 6.11. The van der Waals surface area contributed by atoms with Gasteiger partial charge in [-0.15, -0.1) is 0 Å². The van der Waals surface area contributed by atoms with Crippen molar-refractivity contribution in [1.82, 2.24) is 4.57 Å². The molecule has 3 aliphatic rings. The Morgan fingerprint density at radius 1 is 0.333 bits per heavy atom. The summed E-state index contributed by atoms with van der Waals surface area (Å²) >= 11 is 0. The lowest BCUT2D eigenvalue weighted by molar-refractivity contribution is 0.660. The van der Waals surface area contributed by atoms with Crippen molar-refractivity contribution < 1.29 is 0 Å². The van der Waals surface area contributed by atoms with Gasteiger partial charge in [0.25, 0.3) is 0 Å². The maximum absolute atomic E-state index is 2.50. The number of rotatable bonds is 4. The number of hydrogen-bond donors (Lipinski definition) is 0. The number of benzene rings is 9. The molecule has 13 rings (SSSR count). The molecular weight excluding hydrogens is 725 g/mol. The average molecular weight is 765 g/mol. The first-order valence-corrected chi connectivity index (χ1v) is 21.1. The molecule has 1 aromatic heterocycles. The minimum absolute atomic E-state index is 0.132. The van der Waals surface area contributed by atoms with E-state index >= 15 is 0 Å². The van der Waals surface area contributed by atoms with E-state index in [4.69, 9.17) is 0 Å². The second-order valence-electron chi connectivity index (χ2n) is 17.2. The minimum Gasteiger partial charge on any atom is -0.310 e. The van der Waals surface area contributed by atoms with E-state index in [0.717, 1.165) is 22.7 Å². The number of aromatic nitrogens is 1. The zero-order valence-electron chi connectivity index (χ0n) is 33.5. The molecule has 0 aliphatic heterocycles. The van der Waals surface area contributed by atoms with Crippen LogP contribution in [0.5, 0.6) is 0 Å². The van der Waals surface area contributed by atoms with Crippen LogP contribution in [0.1, 0.15) is 47.2 Å². The van der Waals surface area contributed by atoms with Gasteiger partial charge < -0.3 is 9.47 Å². The number of hydrogen-bond acceptors (Lipinski definition) is 1. The third kappa shape index (κ3) is 4.27. The molecule has 60 heavy (non-hydrogen) atoms. The van der Waals surface area contributed by atoms with Crippen LogP contribution in [0.15, 0.2) is 206 Å². The van der Waals surface area contributed by atoms with Crippen LogP contribution in [0.25, 0.3) is 60.9 Å². The maximum Gasteiger partial charge on any atom is 0.0725 e. The molecule has 3 aliphatic carbocycles. The van der Waals surface area contributed by atoms with Crippen LogP contribution < -0.4 is 4.90 Å². The van der Waals surface area contributed by atoms with Crippen LogP contribution in [0, 0.1) is 0 Å². The van der Waals surface area contributed by atoms with Crippen molar-refractivity contribution in [1.29, 1.82) is 0 Å². The highest BCUT2D eigenvalue weighted by Crippen LogP contribution is 2.63. The summed E-state index contributed by atoms with van der Waals surface area (Å²) in [5, 5.41) is 2.47. The first-order chi connectivity index (χ1) is 29.5. The Morgan fingerprint density at radius 3 is 1.50 bits per heavy atom. The summed E-state index contributed by atoms with van der Waals surface area (Å²) < 4.78 is 2.40. The molecule has 10 aromatic rings. The molecule has 0 saturated heterocycles. The summed E-state index contributed by atoms with van der Waals surface area (Å²) in [6.45, 7) is 4.75. The van der Waals surface area contributed by atoms with E-state index in [1.807, 2.05) is 0 Å². The van der Waals surface area contributed by atoms with Gasteiger partial charge in [-0.25, -0.2) is 0 Å². The Morgan fingerprint density at radius 2 is 0.800 bits per heavy atom. The van der Waals surface area contributed by atoms with E-state index < -0.39 is 0 Å². The summed E-state index contributed by atoms with van der Waals surface area (Å²) in [6.07, 6.45) is 0. The molecule has 0 radical (unpaired) electrons. The minimum atomic E-state index is -0.385. The summed E-state index contributed by atoms with van der Waals surface area (Å²) in [5.74, 6) is 0. The van der Waals surface area contributed by atoms with E-state index in [2.05, 4.69) is 230 Å². The molecule has 0 N–H and O–H groups in total. The lowest BCUT2D eigenvalue weighted by Crippen LogP contribution is -2.25. The fourth-order valence-corrected chi connectivity index (χ4v) is 11.5. The molecule has 0 bridgehead atoms. The largest absolute Gasteiger partial charge is 0.310 e. The van der Waals surface area contributed by atoms with Gasteiger partial charge in [0.2, 0.25) is 0 Å². The van der Waals surface area contributed by atoms with Gasteiger partial charge in [0.1, 0.15) is 0 Å². The lowest BCUT2D eigenvalue weighted by Gasteiger charge is -2.31. The van der Waals surface area contributed by atoms with E-state index in [0.29, 0.717) is 0 Å². The summed E-state index contributed by atoms with van der Waals surface area (Å²) in [5.41, 5.74) is 22.5. The smallest absolute Gasteiger partial charge is 0.0725 e. The van der Waals surface area contributed by atoms with Crippen molar-refractivity contribution >= 4 is 38.9 Å². The van der Waals surface area contributed by atoms with Gasteiger partial charge in [-0.3, -0.25) is 0 Å². The third-order valence-electron chi connectivity index (χ3n) is 14.0. The van der Waals surface area contributed by atoms with E-state index in [9.17, 15) is 0 Å². The molecule has 9 aromatic carbocycles. The van der Waals surface area contributed by atoms with Crippen LogP contribution in [0.3, 0.4) is 0 Å². The summed E-state index contributed by atoms with van der Waals surface area (Å²) in [4.78, 5) is 2.50. The normalized spacial score (nSPS) is 14.4. The SMILES string of the molecule is CC1(C)c2ccccc2-c2ccc(N(c3ccc4c(c3)-c3ccccc3C43c4ccccc4-c4ccccc43)c3ccc4c(c3)c3ccccc3n4-c3ccccc3)cc21. The van der Waals surface area contributed by atoms with Crippen LogP contribution in [0.2, 0.25) is 0 Å². The average Bonchev–Trinajstić information content (AvgIpc) is 3.97. The zero-order valence-corrected chi connectivity index (χ0v) is 33.5. The molecule has 0 fully saturated rings. The number of anilines is 3. The topological polar surface area (TPSA) is 8.17 Å². The van der Waals surface area contributed by atoms with Gasteiger partial charge in [0.05, 0.1) is 16.4 Å². The molecule has 0 amide bonds. The number of para-hydroxylation sites is 2. The molecule has 282 valence electrons. The Kier molecular flexibility index (Phi) is 6.74. The van der Waals surface area contributed by atoms with Crippen molar-refractivity contribution in [2.75, 3.05) is 4.90 Å². The third-order valence-corrected chi connectivity index (χ3v) is 14.0. The molecular formula is C58H40N2. The predicted molar refractivity (Wildman–Crippen MR) is 249 cm³/mol. The quantitative estimate of drug-likeness (QED) is 0.173. The van der Waals surface area contributed by atoms with E-state index in [1.54, 1.807) is 0 Å². The highest BCUT2D eigenvalue weighted by atomic mass is 15.1. The van der Waals surface area contributed by atoms with Gasteiger partial charge >= 0.3 is 0 Å². The number of nitrogens with zero attached hydrogens (tertiary/aromatic N) is 2. The van der Waals surface area contributed by atoms with Crippen molar-refractivity contribution in [2.24, 2.45) is 0 Å². The molecule has 0 saturated carbocycles. The zero-order chi connectivity index (χ0) is 39.7. The molecule has 2 heteroatoms. The van der Waals surface area contributed by atoms with Crippen molar-refractivity contribution in [2.45, 2.75) is 24.7 Å². The van der Waals surface area contributed by atoms with Crippen LogP contribution in [-0.2, 0) is 10.8 Å².